The molecule has 1 unspecified atom stereocenters. The van der Waals surface area contributed by atoms with E-state index < -0.39 is 15.8 Å². The molecule has 1 aliphatic carbocycles. The third-order valence-electron chi connectivity index (χ3n) is 4.94. The smallest absolute Gasteiger partial charge is 0.239 e. The van der Waals surface area contributed by atoms with Gasteiger partial charge in [0.25, 0.3) is 0 Å². The molecule has 23 heavy (non-hydrogen) atoms. The number of hydrogen-bond donors (Lipinski definition) is 2. The van der Waals surface area contributed by atoms with Crippen molar-refractivity contribution in [2.45, 2.75) is 64.5 Å². The topological polar surface area (TPSA) is 78.5 Å². The minimum absolute atomic E-state index is 0.00299. The van der Waals surface area contributed by atoms with Gasteiger partial charge in [-0.3, -0.25) is 4.79 Å². The van der Waals surface area contributed by atoms with Gasteiger partial charge in [0.15, 0.2) is 0 Å². The highest BCUT2D eigenvalue weighted by Crippen LogP contribution is 2.24. The van der Waals surface area contributed by atoms with Crippen LogP contribution in [-0.2, 0) is 14.8 Å². The first kappa shape index (κ1) is 18.7. The van der Waals surface area contributed by atoms with Crippen molar-refractivity contribution in [1.29, 1.82) is 0 Å². The van der Waals surface area contributed by atoms with Crippen LogP contribution < -0.4 is 10.0 Å². The number of rotatable bonds is 7. The monoisotopic (exact) mass is 345 g/mol. The van der Waals surface area contributed by atoms with Crippen molar-refractivity contribution in [1.82, 2.24) is 14.9 Å². The Morgan fingerprint density at radius 3 is 2.48 bits per heavy atom. The molecule has 2 N–H and O–H groups in total. The molecule has 1 heterocycles. The summed E-state index contributed by atoms with van der Waals surface area (Å²) in [6, 6.07) is 0.130. The molecule has 1 aliphatic heterocycles. The number of sulfonamides is 1. The van der Waals surface area contributed by atoms with Crippen LogP contribution in [0.2, 0.25) is 0 Å². The van der Waals surface area contributed by atoms with Crippen molar-refractivity contribution in [2.75, 3.05) is 25.4 Å². The predicted octanol–water partition coefficient (Wildman–Crippen LogP) is 1.09. The summed E-state index contributed by atoms with van der Waals surface area (Å²) < 4.78 is 27.4. The number of carbonyl (C=O) groups is 1. The summed E-state index contributed by atoms with van der Waals surface area (Å²) in [6.07, 6.45) is 5.60. The fourth-order valence-corrected chi connectivity index (χ4v) is 4.89. The summed E-state index contributed by atoms with van der Waals surface area (Å²) in [5.41, 5.74) is 0. The molecule has 1 amide bonds. The van der Waals surface area contributed by atoms with E-state index >= 15 is 0 Å². The van der Waals surface area contributed by atoms with Crippen molar-refractivity contribution in [3.8, 4) is 0 Å². The molecule has 2 rings (SSSR count). The second kappa shape index (κ2) is 8.44. The molecule has 0 spiro atoms. The largest absolute Gasteiger partial charge is 0.337 e. The fraction of sp³-hybridized carbons (Fsp3) is 0.938. The Balaban J connectivity index is 1.90. The molecule has 7 heteroatoms. The van der Waals surface area contributed by atoms with Crippen LogP contribution in [-0.4, -0.2) is 56.7 Å². The van der Waals surface area contributed by atoms with E-state index in [0.29, 0.717) is 12.5 Å². The minimum atomic E-state index is -3.55. The molecule has 0 aromatic heterocycles. The molecule has 0 aromatic carbocycles. The number of amides is 1. The Kier molecular flexibility index (Phi) is 6.85. The van der Waals surface area contributed by atoms with Crippen LogP contribution in [0.4, 0.5) is 0 Å². The molecule has 2 aliphatic rings. The van der Waals surface area contributed by atoms with Crippen LogP contribution in [0.5, 0.6) is 0 Å². The van der Waals surface area contributed by atoms with Gasteiger partial charge in [0, 0.05) is 25.2 Å². The molecule has 6 nitrogen and oxygen atoms in total. The zero-order chi connectivity index (χ0) is 16.9. The summed E-state index contributed by atoms with van der Waals surface area (Å²) in [7, 11) is -3.55. The average Bonchev–Trinajstić information content (AvgIpc) is 3.00. The summed E-state index contributed by atoms with van der Waals surface area (Å²) in [5, 5.41) is 3.24. The Labute approximate surface area is 140 Å². The van der Waals surface area contributed by atoms with Gasteiger partial charge in [0.1, 0.15) is 5.75 Å². The van der Waals surface area contributed by atoms with Gasteiger partial charge in [-0.2, -0.15) is 0 Å². The number of hydrogen-bond acceptors (Lipinski definition) is 4. The lowest BCUT2D eigenvalue weighted by molar-refractivity contribution is -0.130. The van der Waals surface area contributed by atoms with Crippen molar-refractivity contribution in [3.05, 3.63) is 0 Å². The van der Waals surface area contributed by atoms with Crippen LogP contribution in [0.3, 0.4) is 0 Å². The highest BCUT2D eigenvalue weighted by Gasteiger charge is 2.30. The summed E-state index contributed by atoms with van der Waals surface area (Å²) >= 11 is 0. The SMILES string of the molecule is CCCN(C(=O)CS(=O)(=O)NC1CCC(C)CC1)C1CCNC1. The van der Waals surface area contributed by atoms with Crippen LogP contribution >= 0.6 is 0 Å². The van der Waals surface area contributed by atoms with Gasteiger partial charge in [0.05, 0.1) is 0 Å². The second-order valence-corrected chi connectivity index (χ2v) is 8.82. The van der Waals surface area contributed by atoms with Crippen molar-refractivity contribution in [2.24, 2.45) is 5.92 Å². The van der Waals surface area contributed by atoms with Gasteiger partial charge < -0.3 is 10.2 Å². The van der Waals surface area contributed by atoms with Gasteiger partial charge in [-0.15, -0.1) is 0 Å². The molecule has 2 fully saturated rings. The van der Waals surface area contributed by atoms with E-state index in [2.05, 4.69) is 17.0 Å². The standard InChI is InChI=1S/C16H31N3O3S/c1-3-10-19(15-8-9-17-11-15)16(20)12-23(21,22)18-14-6-4-13(2)5-7-14/h13-15,17-18H,3-12H2,1-2H3. The summed E-state index contributed by atoms with van der Waals surface area (Å²) in [4.78, 5) is 14.3. The highest BCUT2D eigenvalue weighted by molar-refractivity contribution is 7.90. The van der Waals surface area contributed by atoms with E-state index in [4.69, 9.17) is 0 Å². The molecular weight excluding hydrogens is 314 g/mol. The molecule has 0 aromatic rings. The van der Waals surface area contributed by atoms with E-state index in [1.54, 1.807) is 4.90 Å². The first-order chi connectivity index (χ1) is 10.9. The Morgan fingerprint density at radius 2 is 1.91 bits per heavy atom. The second-order valence-electron chi connectivity index (χ2n) is 7.07. The van der Waals surface area contributed by atoms with Crippen molar-refractivity contribution in [3.63, 3.8) is 0 Å². The van der Waals surface area contributed by atoms with Crippen LogP contribution in [0.25, 0.3) is 0 Å². The normalized spacial score (nSPS) is 28.7. The lowest BCUT2D eigenvalue weighted by atomic mass is 9.88. The van der Waals surface area contributed by atoms with Gasteiger partial charge >= 0.3 is 0 Å². The molecule has 0 radical (unpaired) electrons. The Morgan fingerprint density at radius 1 is 1.22 bits per heavy atom. The third kappa shape index (κ3) is 5.72. The number of carbonyl (C=O) groups excluding carboxylic acids is 1. The van der Waals surface area contributed by atoms with E-state index in [9.17, 15) is 13.2 Å². The van der Waals surface area contributed by atoms with Gasteiger partial charge in [-0.25, -0.2) is 13.1 Å². The van der Waals surface area contributed by atoms with Crippen molar-refractivity contribution < 1.29 is 13.2 Å². The molecule has 0 bridgehead atoms. The zero-order valence-corrected chi connectivity index (χ0v) is 15.2. The maximum atomic E-state index is 12.5. The zero-order valence-electron chi connectivity index (χ0n) is 14.4. The van der Waals surface area contributed by atoms with E-state index in [0.717, 1.165) is 51.6 Å². The number of nitrogens with zero attached hydrogens (tertiary/aromatic N) is 1. The molecule has 134 valence electrons. The van der Waals surface area contributed by atoms with E-state index in [-0.39, 0.29) is 18.0 Å². The van der Waals surface area contributed by atoms with Crippen molar-refractivity contribution >= 4 is 15.9 Å². The fourth-order valence-electron chi connectivity index (χ4n) is 3.58. The summed E-state index contributed by atoms with van der Waals surface area (Å²) in [6.45, 7) is 6.50. The Hall–Kier alpha value is -0.660. The first-order valence-corrected chi connectivity index (χ1v) is 10.6. The molecule has 1 saturated carbocycles. The highest BCUT2D eigenvalue weighted by atomic mass is 32.2. The van der Waals surface area contributed by atoms with E-state index in [1.165, 1.54) is 0 Å². The van der Waals surface area contributed by atoms with Gasteiger partial charge in [-0.1, -0.05) is 13.8 Å². The quantitative estimate of drug-likeness (QED) is 0.724. The molecule has 1 atom stereocenters. The maximum Gasteiger partial charge on any atom is 0.239 e. The number of nitrogens with one attached hydrogen (secondary N) is 2. The van der Waals surface area contributed by atoms with Gasteiger partial charge in [-0.05, 0) is 51.0 Å². The van der Waals surface area contributed by atoms with Gasteiger partial charge in [0.2, 0.25) is 15.9 Å². The Bertz CT molecular complexity index is 481. The van der Waals surface area contributed by atoms with E-state index in [1.807, 2.05) is 6.92 Å². The minimum Gasteiger partial charge on any atom is -0.337 e. The lowest BCUT2D eigenvalue weighted by Gasteiger charge is -2.29. The maximum absolute atomic E-state index is 12.5. The first-order valence-electron chi connectivity index (χ1n) is 8.91. The summed E-state index contributed by atoms with van der Waals surface area (Å²) in [5.74, 6) is -0.0141. The predicted molar refractivity (Wildman–Crippen MR) is 91.6 cm³/mol. The molecule has 1 saturated heterocycles. The van der Waals surface area contributed by atoms with Crippen LogP contribution in [0.15, 0.2) is 0 Å². The lowest BCUT2D eigenvalue weighted by Crippen LogP contribution is -2.47. The average molecular weight is 346 g/mol. The third-order valence-corrected chi connectivity index (χ3v) is 6.25. The van der Waals surface area contributed by atoms with Crippen LogP contribution in [0.1, 0.15) is 52.4 Å². The molecular formula is C16H31N3O3S. The van der Waals surface area contributed by atoms with Crippen LogP contribution in [0, 0.1) is 5.92 Å².